The lowest BCUT2D eigenvalue weighted by Gasteiger charge is -2.34. The molecule has 100 valence electrons. The van der Waals surface area contributed by atoms with Crippen LogP contribution in [0.3, 0.4) is 0 Å². The standard InChI is InChI=1S/C14H20BrNS2/c1-2-13-14(18-8-7-17-13)12(16)9-10-3-5-11(15)6-4-10/h3-6,12-14H,2,7-9,16H2,1H3. The van der Waals surface area contributed by atoms with E-state index in [9.17, 15) is 0 Å². The fourth-order valence-corrected chi connectivity index (χ4v) is 5.80. The molecule has 0 radical (unpaired) electrons. The normalized spacial score (nSPS) is 25.9. The van der Waals surface area contributed by atoms with Crippen molar-refractivity contribution in [3.05, 3.63) is 34.3 Å². The molecule has 3 atom stereocenters. The number of hydrogen-bond acceptors (Lipinski definition) is 3. The van der Waals surface area contributed by atoms with E-state index in [2.05, 4.69) is 70.6 Å². The molecule has 0 bridgehead atoms. The summed E-state index contributed by atoms with van der Waals surface area (Å²) in [6, 6.07) is 8.82. The van der Waals surface area contributed by atoms with Crippen LogP contribution in [0.15, 0.2) is 28.7 Å². The molecule has 2 rings (SSSR count). The third kappa shape index (κ3) is 3.92. The van der Waals surface area contributed by atoms with Gasteiger partial charge in [-0.25, -0.2) is 0 Å². The molecule has 0 amide bonds. The molecule has 1 heterocycles. The molecule has 0 aromatic heterocycles. The second kappa shape index (κ2) is 7.22. The van der Waals surface area contributed by atoms with Gasteiger partial charge in [0.2, 0.25) is 0 Å². The molecule has 0 aliphatic carbocycles. The highest BCUT2D eigenvalue weighted by Gasteiger charge is 2.29. The fourth-order valence-electron chi connectivity index (χ4n) is 2.34. The Morgan fingerprint density at radius 2 is 1.94 bits per heavy atom. The fraction of sp³-hybridized carbons (Fsp3) is 0.571. The maximum atomic E-state index is 6.44. The van der Waals surface area contributed by atoms with Crippen LogP contribution in [0, 0.1) is 0 Å². The van der Waals surface area contributed by atoms with Crippen molar-refractivity contribution in [2.45, 2.75) is 36.3 Å². The van der Waals surface area contributed by atoms with Gasteiger partial charge in [-0.2, -0.15) is 23.5 Å². The third-order valence-electron chi connectivity index (χ3n) is 3.30. The highest BCUT2D eigenvalue weighted by molar-refractivity contribution is 9.10. The highest BCUT2D eigenvalue weighted by Crippen LogP contribution is 2.35. The lowest BCUT2D eigenvalue weighted by molar-refractivity contribution is 0.597. The van der Waals surface area contributed by atoms with Crippen LogP contribution >= 0.6 is 39.5 Å². The van der Waals surface area contributed by atoms with Crippen molar-refractivity contribution < 1.29 is 0 Å². The van der Waals surface area contributed by atoms with Crippen LogP contribution in [-0.4, -0.2) is 28.0 Å². The van der Waals surface area contributed by atoms with Gasteiger partial charge in [0.15, 0.2) is 0 Å². The molecule has 18 heavy (non-hydrogen) atoms. The van der Waals surface area contributed by atoms with E-state index in [4.69, 9.17) is 5.73 Å². The summed E-state index contributed by atoms with van der Waals surface area (Å²) in [6.07, 6.45) is 2.22. The number of nitrogens with two attached hydrogens (primary N) is 1. The van der Waals surface area contributed by atoms with Crippen LogP contribution in [0.2, 0.25) is 0 Å². The minimum Gasteiger partial charge on any atom is -0.326 e. The predicted octanol–water partition coefficient (Wildman–Crippen LogP) is 3.95. The molecule has 1 aromatic carbocycles. The SMILES string of the molecule is CCC1SCCSC1C(N)Cc1ccc(Br)cc1. The topological polar surface area (TPSA) is 26.0 Å². The Morgan fingerprint density at radius 3 is 2.61 bits per heavy atom. The quantitative estimate of drug-likeness (QED) is 0.894. The van der Waals surface area contributed by atoms with Gasteiger partial charge in [0.25, 0.3) is 0 Å². The largest absolute Gasteiger partial charge is 0.326 e. The summed E-state index contributed by atoms with van der Waals surface area (Å²) in [5, 5.41) is 1.34. The Labute approximate surface area is 127 Å². The summed E-state index contributed by atoms with van der Waals surface area (Å²) in [7, 11) is 0. The summed E-state index contributed by atoms with van der Waals surface area (Å²) in [5.41, 5.74) is 7.78. The van der Waals surface area contributed by atoms with Gasteiger partial charge in [0.05, 0.1) is 0 Å². The molecule has 2 N–H and O–H groups in total. The van der Waals surface area contributed by atoms with E-state index < -0.39 is 0 Å². The van der Waals surface area contributed by atoms with Crippen molar-refractivity contribution in [3.63, 3.8) is 0 Å². The highest BCUT2D eigenvalue weighted by atomic mass is 79.9. The molecule has 1 aromatic rings. The first-order valence-corrected chi connectivity index (χ1v) is 9.33. The van der Waals surface area contributed by atoms with Gasteiger partial charge in [-0.1, -0.05) is 35.0 Å². The second-order valence-electron chi connectivity index (χ2n) is 4.65. The molecule has 1 aliphatic heterocycles. The number of benzene rings is 1. The van der Waals surface area contributed by atoms with Gasteiger partial charge in [-0.15, -0.1) is 0 Å². The van der Waals surface area contributed by atoms with E-state index in [-0.39, 0.29) is 6.04 Å². The van der Waals surface area contributed by atoms with E-state index in [1.165, 1.54) is 23.5 Å². The Kier molecular flexibility index (Phi) is 5.93. The Hall–Kier alpha value is 0.360. The van der Waals surface area contributed by atoms with Crippen LogP contribution in [0.25, 0.3) is 0 Å². The smallest absolute Gasteiger partial charge is 0.0321 e. The van der Waals surface area contributed by atoms with Crippen molar-refractivity contribution in [1.29, 1.82) is 0 Å². The molecule has 1 saturated heterocycles. The number of thioether (sulfide) groups is 2. The van der Waals surface area contributed by atoms with Crippen LogP contribution in [-0.2, 0) is 6.42 Å². The van der Waals surface area contributed by atoms with Crippen molar-refractivity contribution in [3.8, 4) is 0 Å². The number of rotatable bonds is 4. The van der Waals surface area contributed by atoms with E-state index in [0.717, 1.165) is 16.1 Å². The molecule has 1 aliphatic rings. The summed E-state index contributed by atoms with van der Waals surface area (Å²) in [4.78, 5) is 0. The predicted molar refractivity (Wildman–Crippen MR) is 88.6 cm³/mol. The van der Waals surface area contributed by atoms with E-state index in [0.29, 0.717) is 5.25 Å². The molecule has 0 saturated carbocycles. The lowest BCUT2D eigenvalue weighted by atomic mass is 10.0. The molecule has 3 unspecified atom stereocenters. The first-order valence-electron chi connectivity index (χ1n) is 6.44. The van der Waals surface area contributed by atoms with Gasteiger partial charge in [0.1, 0.15) is 0 Å². The van der Waals surface area contributed by atoms with E-state index in [1.807, 2.05) is 0 Å². The zero-order valence-electron chi connectivity index (χ0n) is 10.6. The Bertz CT molecular complexity index is 369. The average molecular weight is 346 g/mol. The summed E-state index contributed by atoms with van der Waals surface area (Å²) >= 11 is 7.65. The van der Waals surface area contributed by atoms with Crippen LogP contribution < -0.4 is 5.73 Å². The van der Waals surface area contributed by atoms with Crippen LogP contribution in [0.4, 0.5) is 0 Å². The van der Waals surface area contributed by atoms with Crippen molar-refractivity contribution in [2.75, 3.05) is 11.5 Å². The van der Waals surface area contributed by atoms with E-state index in [1.54, 1.807) is 0 Å². The van der Waals surface area contributed by atoms with Crippen molar-refractivity contribution >= 4 is 39.5 Å². The summed E-state index contributed by atoms with van der Waals surface area (Å²) < 4.78 is 1.13. The Morgan fingerprint density at radius 1 is 1.28 bits per heavy atom. The average Bonchev–Trinajstić information content (AvgIpc) is 2.41. The first-order chi connectivity index (χ1) is 8.70. The zero-order chi connectivity index (χ0) is 13.0. The second-order valence-corrected chi connectivity index (χ2v) is 8.20. The molecule has 0 spiro atoms. The van der Waals surface area contributed by atoms with Gasteiger partial charge >= 0.3 is 0 Å². The van der Waals surface area contributed by atoms with E-state index >= 15 is 0 Å². The van der Waals surface area contributed by atoms with Gasteiger partial charge < -0.3 is 5.73 Å². The van der Waals surface area contributed by atoms with Gasteiger partial charge in [-0.05, 0) is 30.5 Å². The molecular weight excluding hydrogens is 326 g/mol. The van der Waals surface area contributed by atoms with Gasteiger partial charge in [-0.3, -0.25) is 0 Å². The first kappa shape index (κ1) is 14.8. The summed E-state index contributed by atoms with van der Waals surface area (Å²) in [5.74, 6) is 2.53. The minimum atomic E-state index is 0.272. The monoisotopic (exact) mass is 345 g/mol. The van der Waals surface area contributed by atoms with Crippen molar-refractivity contribution in [2.24, 2.45) is 5.73 Å². The summed E-state index contributed by atoms with van der Waals surface area (Å²) in [6.45, 7) is 2.28. The lowest BCUT2D eigenvalue weighted by Crippen LogP contribution is -2.43. The van der Waals surface area contributed by atoms with Gasteiger partial charge in [0, 0.05) is 32.5 Å². The number of halogens is 1. The van der Waals surface area contributed by atoms with Crippen LogP contribution in [0.5, 0.6) is 0 Å². The number of hydrogen-bond donors (Lipinski definition) is 1. The van der Waals surface area contributed by atoms with Crippen LogP contribution in [0.1, 0.15) is 18.9 Å². The third-order valence-corrected chi connectivity index (χ3v) is 7.26. The maximum absolute atomic E-state index is 6.44. The molecule has 1 nitrogen and oxygen atoms in total. The molecular formula is C14H20BrNS2. The molecule has 1 fully saturated rings. The zero-order valence-corrected chi connectivity index (χ0v) is 13.9. The maximum Gasteiger partial charge on any atom is 0.0321 e. The molecule has 4 heteroatoms. The Balaban J connectivity index is 1.97. The van der Waals surface area contributed by atoms with Crippen molar-refractivity contribution in [1.82, 2.24) is 0 Å². The minimum absolute atomic E-state index is 0.272.